The van der Waals surface area contributed by atoms with Gasteiger partial charge in [0.05, 0.1) is 17.3 Å². The van der Waals surface area contributed by atoms with Crippen molar-refractivity contribution in [2.75, 3.05) is 0 Å². The van der Waals surface area contributed by atoms with Crippen LogP contribution in [0.1, 0.15) is 16.3 Å². The molecular weight excluding hydrogens is 276 g/mol. The van der Waals surface area contributed by atoms with Crippen molar-refractivity contribution in [2.45, 2.75) is 13.0 Å². The summed E-state index contributed by atoms with van der Waals surface area (Å²) in [4.78, 5) is 8.94. The highest BCUT2D eigenvalue weighted by atomic mass is 32.1. The van der Waals surface area contributed by atoms with Gasteiger partial charge >= 0.3 is 0 Å². The van der Waals surface area contributed by atoms with Gasteiger partial charge < -0.3 is 5.11 Å². The molecule has 0 aliphatic rings. The van der Waals surface area contributed by atoms with Crippen LogP contribution < -0.4 is 0 Å². The average Bonchev–Trinajstić information content (AvgIpc) is 3.08. The van der Waals surface area contributed by atoms with E-state index in [4.69, 9.17) is 5.11 Å². The highest BCUT2D eigenvalue weighted by Crippen LogP contribution is 2.26. The van der Waals surface area contributed by atoms with E-state index in [0.29, 0.717) is 5.69 Å². The van der Waals surface area contributed by atoms with Crippen LogP contribution in [0.2, 0.25) is 0 Å². The number of nitrogens with zero attached hydrogens (tertiary/aromatic N) is 2. The van der Waals surface area contributed by atoms with Gasteiger partial charge in [-0.15, -0.1) is 22.7 Å². The molecule has 0 saturated carbocycles. The minimum atomic E-state index is -0.0164. The summed E-state index contributed by atoms with van der Waals surface area (Å²) in [6.45, 7) is -0.0164. The van der Waals surface area contributed by atoms with E-state index in [1.54, 1.807) is 11.3 Å². The number of hydrogen-bond donors (Lipinski definition) is 1. The Kier molecular flexibility index (Phi) is 3.68. The molecule has 3 rings (SSSR count). The Morgan fingerprint density at radius 3 is 2.58 bits per heavy atom. The van der Waals surface area contributed by atoms with Crippen LogP contribution in [-0.4, -0.2) is 15.1 Å². The van der Waals surface area contributed by atoms with Gasteiger partial charge in [-0.3, -0.25) is 0 Å². The molecule has 0 fully saturated rings. The molecule has 1 N–H and O–H groups in total. The maximum atomic E-state index is 9.02. The fourth-order valence-corrected chi connectivity index (χ4v) is 3.42. The fraction of sp³-hybridized carbons (Fsp3) is 0.143. The van der Waals surface area contributed by atoms with Crippen LogP contribution in [0.25, 0.3) is 10.7 Å². The van der Waals surface area contributed by atoms with E-state index in [-0.39, 0.29) is 6.61 Å². The topological polar surface area (TPSA) is 46.0 Å². The minimum absolute atomic E-state index is 0.0164. The van der Waals surface area contributed by atoms with Crippen molar-refractivity contribution in [1.29, 1.82) is 0 Å². The van der Waals surface area contributed by atoms with Crippen molar-refractivity contribution in [3.8, 4) is 10.7 Å². The van der Waals surface area contributed by atoms with Crippen molar-refractivity contribution < 1.29 is 5.11 Å². The first-order valence-electron chi connectivity index (χ1n) is 5.89. The number of aliphatic hydroxyl groups excluding tert-OH is 1. The Morgan fingerprint density at radius 1 is 1.00 bits per heavy atom. The molecule has 0 bridgehead atoms. The maximum absolute atomic E-state index is 9.02. The standard InChI is InChI=1S/C14H12N2OS2/c17-7-11-8-19-14(15-11)12-9-18-13(16-12)6-10-4-2-1-3-5-10/h1-5,8-9,17H,6-7H2. The summed E-state index contributed by atoms with van der Waals surface area (Å²) in [6, 6.07) is 10.3. The highest BCUT2D eigenvalue weighted by Gasteiger charge is 2.09. The number of thiazole rings is 2. The van der Waals surface area contributed by atoms with Gasteiger partial charge in [-0.2, -0.15) is 0 Å². The van der Waals surface area contributed by atoms with Gasteiger partial charge in [0.2, 0.25) is 0 Å². The Hall–Kier alpha value is -1.56. The van der Waals surface area contributed by atoms with Gasteiger partial charge in [-0.25, -0.2) is 9.97 Å². The monoisotopic (exact) mass is 288 g/mol. The average molecular weight is 288 g/mol. The number of rotatable bonds is 4. The third kappa shape index (κ3) is 2.89. The van der Waals surface area contributed by atoms with Crippen LogP contribution >= 0.6 is 22.7 Å². The smallest absolute Gasteiger partial charge is 0.143 e. The normalized spacial score (nSPS) is 10.8. The molecule has 3 aromatic rings. The van der Waals surface area contributed by atoms with Gasteiger partial charge in [-0.1, -0.05) is 30.3 Å². The van der Waals surface area contributed by atoms with Crippen LogP contribution in [0.3, 0.4) is 0 Å². The predicted molar refractivity (Wildman–Crippen MR) is 78.4 cm³/mol. The zero-order valence-corrected chi connectivity index (χ0v) is 11.7. The molecular formula is C14H12N2OS2. The largest absolute Gasteiger partial charge is 0.390 e. The van der Waals surface area contributed by atoms with Crippen LogP contribution in [0.5, 0.6) is 0 Å². The third-order valence-electron chi connectivity index (χ3n) is 2.68. The first-order valence-corrected chi connectivity index (χ1v) is 7.65. The SMILES string of the molecule is OCc1csc(-c2csc(Cc3ccccc3)n2)n1. The Balaban J connectivity index is 1.79. The lowest BCUT2D eigenvalue weighted by Gasteiger charge is -1.96. The van der Waals surface area contributed by atoms with E-state index < -0.39 is 0 Å². The van der Waals surface area contributed by atoms with Crippen molar-refractivity contribution in [3.63, 3.8) is 0 Å². The maximum Gasteiger partial charge on any atom is 0.143 e. The van der Waals surface area contributed by atoms with Gasteiger partial charge in [0.25, 0.3) is 0 Å². The van der Waals surface area contributed by atoms with Crippen molar-refractivity contribution >= 4 is 22.7 Å². The first-order chi connectivity index (χ1) is 9.35. The second-order valence-corrected chi connectivity index (χ2v) is 5.89. The lowest BCUT2D eigenvalue weighted by atomic mass is 10.2. The summed E-state index contributed by atoms with van der Waals surface area (Å²) < 4.78 is 0. The molecule has 0 spiro atoms. The fourth-order valence-electron chi connectivity index (χ4n) is 1.76. The van der Waals surface area contributed by atoms with Gasteiger partial charge in [0, 0.05) is 17.2 Å². The molecule has 1 aromatic carbocycles. The van der Waals surface area contributed by atoms with Crippen molar-refractivity contribution in [3.05, 3.63) is 57.4 Å². The van der Waals surface area contributed by atoms with E-state index in [0.717, 1.165) is 22.1 Å². The lowest BCUT2D eigenvalue weighted by Crippen LogP contribution is -1.87. The molecule has 0 unspecified atom stereocenters. The summed E-state index contributed by atoms with van der Waals surface area (Å²) in [5, 5.41) is 14.9. The van der Waals surface area contributed by atoms with Crippen LogP contribution in [0, 0.1) is 0 Å². The summed E-state index contributed by atoms with van der Waals surface area (Å²) in [6.07, 6.45) is 0.851. The molecule has 2 aromatic heterocycles. The highest BCUT2D eigenvalue weighted by molar-refractivity contribution is 7.14. The quantitative estimate of drug-likeness (QED) is 0.801. The van der Waals surface area contributed by atoms with E-state index in [1.165, 1.54) is 16.9 Å². The van der Waals surface area contributed by atoms with Gasteiger partial charge in [0.15, 0.2) is 0 Å². The van der Waals surface area contributed by atoms with Gasteiger partial charge in [0.1, 0.15) is 10.7 Å². The Labute approximate surface area is 119 Å². The molecule has 0 aliphatic carbocycles. The van der Waals surface area contributed by atoms with Crippen LogP contribution in [-0.2, 0) is 13.0 Å². The molecule has 0 radical (unpaired) electrons. The van der Waals surface area contributed by atoms with E-state index >= 15 is 0 Å². The summed E-state index contributed by atoms with van der Waals surface area (Å²) >= 11 is 3.17. The number of aromatic nitrogens is 2. The lowest BCUT2D eigenvalue weighted by molar-refractivity contribution is 0.278. The molecule has 0 aliphatic heterocycles. The molecule has 19 heavy (non-hydrogen) atoms. The van der Waals surface area contributed by atoms with Crippen LogP contribution in [0.4, 0.5) is 0 Å². The second kappa shape index (κ2) is 5.61. The molecule has 5 heteroatoms. The summed E-state index contributed by atoms with van der Waals surface area (Å²) in [5.74, 6) is 0. The van der Waals surface area contributed by atoms with E-state index in [2.05, 4.69) is 22.1 Å². The molecule has 96 valence electrons. The second-order valence-electron chi connectivity index (χ2n) is 4.09. The Morgan fingerprint density at radius 2 is 1.84 bits per heavy atom. The van der Waals surface area contributed by atoms with Crippen molar-refractivity contribution in [2.24, 2.45) is 0 Å². The molecule has 2 heterocycles. The first kappa shape index (κ1) is 12.5. The van der Waals surface area contributed by atoms with E-state index in [9.17, 15) is 0 Å². The number of benzene rings is 1. The van der Waals surface area contributed by atoms with E-state index in [1.807, 2.05) is 29.0 Å². The predicted octanol–water partition coefficient (Wildman–Crippen LogP) is 3.35. The third-order valence-corrected chi connectivity index (χ3v) is 4.45. The number of aliphatic hydroxyl groups is 1. The zero-order valence-electron chi connectivity index (χ0n) is 10.1. The van der Waals surface area contributed by atoms with Crippen LogP contribution in [0.15, 0.2) is 41.1 Å². The number of hydrogen-bond acceptors (Lipinski definition) is 5. The minimum Gasteiger partial charge on any atom is -0.390 e. The Bertz CT molecular complexity index is 661. The molecule has 3 nitrogen and oxygen atoms in total. The van der Waals surface area contributed by atoms with Crippen molar-refractivity contribution in [1.82, 2.24) is 9.97 Å². The van der Waals surface area contributed by atoms with Gasteiger partial charge in [-0.05, 0) is 5.56 Å². The molecule has 0 amide bonds. The summed E-state index contributed by atoms with van der Waals surface area (Å²) in [7, 11) is 0. The molecule has 0 atom stereocenters. The molecule has 0 saturated heterocycles. The summed E-state index contributed by atoms with van der Waals surface area (Å²) in [5.41, 5.74) is 2.87. The zero-order chi connectivity index (χ0) is 13.1.